The molecule has 0 heterocycles. The molecule has 0 aliphatic heterocycles. The molecular formula is C15H21ClFN. The van der Waals surface area contributed by atoms with Crippen molar-refractivity contribution in [1.82, 2.24) is 5.32 Å². The van der Waals surface area contributed by atoms with Gasteiger partial charge in [0, 0.05) is 11.1 Å². The Morgan fingerprint density at radius 3 is 2.72 bits per heavy atom. The van der Waals surface area contributed by atoms with Gasteiger partial charge in [-0.1, -0.05) is 31.9 Å². The van der Waals surface area contributed by atoms with Crippen LogP contribution in [0.5, 0.6) is 0 Å². The monoisotopic (exact) mass is 269 g/mol. The van der Waals surface area contributed by atoms with Crippen LogP contribution in [-0.4, -0.2) is 7.05 Å². The van der Waals surface area contributed by atoms with Gasteiger partial charge in [-0.3, -0.25) is 0 Å². The molecule has 1 aromatic carbocycles. The van der Waals surface area contributed by atoms with E-state index in [1.807, 2.05) is 7.05 Å². The summed E-state index contributed by atoms with van der Waals surface area (Å²) in [5.74, 6) is 0.284. The zero-order valence-corrected chi connectivity index (χ0v) is 12.0. The van der Waals surface area contributed by atoms with Gasteiger partial charge in [0.1, 0.15) is 5.82 Å². The van der Waals surface area contributed by atoms with Gasteiger partial charge in [0.2, 0.25) is 0 Å². The lowest BCUT2D eigenvalue weighted by Crippen LogP contribution is -2.32. The normalized spacial score (nSPS) is 24.2. The van der Waals surface area contributed by atoms with Crippen molar-refractivity contribution in [3.63, 3.8) is 0 Å². The summed E-state index contributed by atoms with van der Waals surface area (Å²) in [7, 11) is 1.93. The van der Waals surface area contributed by atoms with E-state index in [1.165, 1.54) is 25.3 Å². The van der Waals surface area contributed by atoms with Gasteiger partial charge < -0.3 is 5.32 Å². The van der Waals surface area contributed by atoms with Gasteiger partial charge >= 0.3 is 0 Å². The van der Waals surface area contributed by atoms with Crippen molar-refractivity contribution in [2.24, 2.45) is 11.3 Å². The van der Waals surface area contributed by atoms with Crippen molar-refractivity contribution in [3.05, 3.63) is 34.6 Å². The Balaban J connectivity index is 2.36. The SMILES string of the molecule is CNC(c1cc(F)ccc1Cl)C1CCCC1(C)C. The van der Waals surface area contributed by atoms with E-state index in [9.17, 15) is 4.39 Å². The number of rotatable bonds is 3. The summed E-state index contributed by atoms with van der Waals surface area (Å²) in [6.07, 6.45) is 3.64. The second kappa shape index (κ2) is 5.18. The molecule has 1 nitrogen and oxygen atoms in total. The Bertz CT molecular complexity index is 431. The molecule has 0 amide bonds. The van der Waals surface area contributed by atoms with E-state index in [0.717, 1.165) is 5.56 Å². The molecule has 1 fully saturated rings. The first kappa shape index (κ1) is 13.8. The minimum atomic E-state index is -0.217. The predicted molar refractivity (Wildman–Crippen MR) is 74.3 cm³/mol. The van der Waals surface area contributed by atoms with Crippen LogP contribution in [0.1, 0.15) is 44.7 Å². The van der Waals surface area contributed by atoms with E-state index in [1.54, 1.807) is 12.1 Å². The van der Waals surface area contributed by atoms with Crippen LogP contribution in [-0.2, 0) is 0 Å². The standard InChI is InChI=1S/C15H21ClFN/c1-15(2)8-4-5-12(15)14(18-3)11-9-10(17)6-7-13(11)16/h6-7,9,12,14,18H,4-5,8H2,1-3H3. The van der Waals surface area contributed by atoms with Crippen LogP contribution in [0.25, 0.3) is 0 Å². The van der Waals surface area contributed by atoms with Crippen molar-refractivity contribution in [3.8, 4) is 0 Å². The summed E-state index contributed by atoms with van der Waals surface area (Å²) in [5.41, 5.74) is 1.17. The summed E-state index contributed by atoms with van der Waals surface area (Å²) in [5, 5.41) is 3.98. The second-order valence-electron chi connectivity index (χ2n) is 5.92. The van der Waals surface area contributed by atoms with Crippen molar-refractivity contribution in [1.29, 1.82) is 0 Å². The summed E-state index contributed by atoms with van der Waals surface area (Å²) in [6, 6.07) is 4.76. The highest BCUT2D eigenvalue weighted by atomic mass is 35.5. The molecule has 2 rings (SSSR count). The highest BCUT2D eigenvalue weighted by Gasteiger charge is 2.40. The topological polar surface area (TPSA) is 12.0 Å². The molecule has 0 bridgehead atoms. The maximum atomic E-state index is 13.4. The molecule has 1 saturated carbocycles. The molecule has 0 radical (unpaired) electrons. The fourth-order valence-corrected chi connectivity index (χ4v) is 3.53. The molecule has 2 unspecified atom stereocenters. The van der Waals surface area contributed by atoms with Crippen LogP contribution in [0.4, 0.5) is 4.39 Å². The molecular weight excluding hydrogens is 249 g/mol. The van der Waals surface area contributed by atoms with Crippen LogP contribution in [0, 0.1) is 17.2 Å². The molecule has 0 saturated heterocycles. The summed E-state index contributed by atoms with van der Waals surface area (Å²) >= 11 is 6.23. The van der Waals surface area contributed by atoms with Crippen LogP contribution < -0.4 is 5.32 Å². The number of nitrogens with one attached hydrogen (secondary N) is 1. The van der Waals surface area contributed by atoms with Crippen LogP contribution >= 0.6 is 11.6 Å². The maximum Gasteiger partial charge on any atom is 0.123 e. The molecule has 3 heteroatoms. The summed E-state index contributed by atoms with van der Waals surface area (Å²) in [6.45, 7) is 4.59. The van der Waals surface area contributed by atoms with Crippen LogP contribution in [0.3, 0.4) is 0 Å². The van der Waals surface area contributed by atoms with Crippen LogP contribution in [0.2, 0.25) is 5.02 Å². The Kier molecular flexibility index (Phi) is 3.98. The summed E-state index contributed by atoms with van der Waals surface area (Å²) < 4.78 is 13.4. The third kappa shape index (κ3) is 2.55. The highest BCUT2D eigenvalue weighted by Crippen LogP contribution is 2.49. The Morgan fingerprint density at radius 2 is 2.17 bits per heavy atom. The lowest BCUT2D eigenvalue weighted by Gasteiger charge is -2.34. The van der Waals surface area contributed by atoms with Gasteiger partial charge in [-0.2, -0.15) is 0 Å². The highest BCUT2D eigenvalue weighted by molar-refractivity contribution is 6.31. The first-order chi connectivity index (χ1) is 8.45. The minimum absolute atomic E-state index is 0.130. The van der Waals surface area contributed by atoms with Gasteiger partial charge in [-0.05, 0) is 55.0 Å². The van der Waals surface area contributed by atoms with E-state index >= 15 is 0 Å². The van der Waals surface area contributed by atoms with Gasteiger partial charge in [0.25, 0.3) is 0 Å². The van der Waals surface area contributed by atoms with E-state index in [2.05, 4.69) is 19.2 Å². The number of hydrogen-bond acceptors (Lipinski definition) is 1. The fourth-order valence-electron chi connectivity index (χ4n) is 3.30. The quantitative estimate of drug-likeness (QED) is 0.848. The van der Waals surface area contributed by atoms with Crippen molar-refractivity contribution in [2.45, 2.75) is 39.2 Å². The molecule has 1 aromatic rings. The van der Waals surface area contributed by atoms with Gasteiger partial charge in [0.05, 0.1) is 0 Å². The van der Waals surface area contributed by atoms with E-state index in [-0.39, 0.29) is 17.3 Å². The third-order valence-corrected chi connectivity index (χ3v) is 4.69. The predicted octanol–water partition coefficient (Wildman–Crippen LogP) is 4.57. The number of benzene rings is 1. The van der Waals surface area contributed by atoms with Gasteiger partial charge in [-0.15, -0.1) is 0 Å². The average molecular weight is 270 g/mol. The minimum Gasteiger partial charge on any atom is -0.313 e. The Labute approximate surface area is 114 Å². The Hall–Kier alpha value is -0.600. The maximum absolute atomic E-state index is 13.4. The second-order valence-corrected chi connectivity index (χ2v) is 6.33. The molecule has 1 aliphatic carbocycles. The lowest BCUT2D eigenvalue weighted by atomic mass is 9.75. The van der Waals surface area contributed by atoms with E-state index in [4.69, 9.17) is 11.6 Å². The molecule has 2 atom stereocenters. The first-order valence-electron chi connectivity index (χ1n) is 6.58. The number of hydrogen-bond donors (Lipinski definition) is 1. The zero-order valence-electron chi connectivity index (χ0n) is 11.3. The van der Waals surface area contributed by atoms with Crippen molar-refractivity contribution < 1.29 is 4.39 Å². The molecule has 1 aliphatic rings. The van der Waals surface area contributed by atoms with Gasteiger partial charge in [-0.25, -0.2) is 4.39 Å². The van der Waals surface area contributed by atoms with Gasteiger partial charge in [0.15, 0.2) is 0 Å². The van der Waals surface area contributed by atoms with Crippen molar-refractivity contribution in [2.75, 3.05) is 7.05 Å². The number of halogens is 2. The largest absolute Gasteiger partial charge is 0.313 e. The van der Waals surface area contributed by atoms with Crippen molar-refractivity contribution >= 4 is 11.6 Å². The first-order valence-corrected chi connectivity index (χ1v) is 6.96. The molecule has 0 spiro atoms. The third-order valence-electron chi connectivity index (χ3n) is 4.35. The Morgan fingerprint density at radius 1 is 1.44 bits per heavy atom. The fraction of sp³-hybridized carbons (Fsp3) is 0.600. The van der Waals surface area contributed by atoms with E-state index < -0.39 is 0 Å². The molecule has 0 aromatic heterocycles. The lowest BCUT2D eigenvalue weighted by molar-refractivity contribution is 0.203. The molecule has 100 valence electrons. The smallest absolute Gasteiger partial charge is 0.123 e. The molecule has 18 heavy (non-hydrogen) atoms. The molecule has 1 N–H and O–H groups in total. The average Bonchev–Trinajstić information content (AvgIpc) is 2.65. The van der Waals surface area contributed by atoms with E-state index in [0.29, 0.717) is 10.9 Å². The summed E-state index contributed by atoms with van der Waals surface area (Å²) in [4.78, 5) is 0. The van der Waals surface area contributed by atoms with Crippen LogP contribution in [0.15, 0.2) is 18.2 Å². The zero-order chi connectivity index (χ0) is 13.3.